The van der Waals surface area contributed by atoms with Crippen molar-refractivity contribution in [3.63, 3.8) is 0 Å². The highest BCUT2D eigenvalue weighted by Gasteiger charge is 2.56. The van der Waals surface area contributed by atoms with Crippen LogP contribution in [-0.2, 0) is 42.6 Å². The predicted octanol–water partition coefficient (Wildman–Crippen LogP) is -10.6. The molecule has 5 aliphatic heterocycles. The molecule has 328 valence electrons. The van der Waals surface area contributed by atoms with Crippen LogP contribution in [-0.4, -0.2) is 262 Å². The molecule has 25 heteroatoms. The fourth-order valence-electron chi connectivity index (χ4n) is 7.05. The average Bonchev–Trinajstić information content (AvgIpc) is 3.18. The van der Waals surface area contributed by atoms with E-state index in [-0.39, 0.29) is 0 Å². The van der Waals surface area contributed by atoms with Gasteiger partial charge in [-0.2, -0.15) is 0 Å². The van der Waals surface area contributed by atoms with Gasteiger partial charge < -0.3 is 124 Å². The Bertz CT molecular complexity index is 1200. The summed E-state index contributed by atoms with van der Waals surface area (Å²) < 4.78 is 50.4. The molecule has 0 aliphatic carbocycles. The first kappa shape index (κ1) is 46.1. The minimum Gasteiger partial charge on any atom is -0.394 e. The Hall–Kier alpha value is -1.00. The molecule has 56 heavy (non-hydrogen) atoms. The maximum atomic E-state index is 11.6. The van der Waals surface area contributed by atoms with E-state index in [9.17, 15) is 81.7 Å². The van der Waals surface area contributed by atoms with Gasteiger partial charge in [0.25, 0.3) is 0 Å². The lowest BCUT2D eigenvalue weighted by Gasteiger charge is -2.49. The van der Waals surface area contributed by atoms with Gasteiger partial charge in [-0.25, -0.2) is 0 Å². The number of hydrogen-bond donors (Lipinski definition) is 16. The lowest BCUT2D eigenvalue weighted by Crippen LogP contribution is -2.68. The molecule has 5 heterocycles. The lowest BCUT2D eigenvalue weighted by atomic mass is 9.92. The van der Waals surface area contributed by atoms with Gasteiger partial charge in [-0.15, -0.1) is 0 Å². The third kappa shape index (κ3) is 9.32. The van der Waals surface area contributed by atoms with Gasteiger partial charge in [0, 0.05) is 5.92 Å². The van der Waals surface area contributed by atoms with Crippen LogP contribution in [0.3, 0.4) is 0 Å². The Kier molecular flexibility index (Phi) is 16.1. The molecule has 5 aliphatic rings. The Balaban J connectivity index is 1.43. The smallest absolute Gasteiger partial charge is 0.187 e. The van der Waals surface area contributed by atoms with Crippen molar-refractivity contribution in [2.75, 3.05) is 33.0 Å². The Morgan fingerprint density at radius 2 is 0.786 bits per heavy atom. The van der Waals surface area contributed by atoms with Crippen LogP contribution < -0.4 is 0 Å². The summed E-state index contributed by atoms with van der Waals surface area (Å²) in [4.78, 5) is 0. The predicted molar refractivity (Wildman–Crippen MR) is 170 cm³/mol. The summed E-state index contributed by atoms with van der Waals surface area (Å²) in [6, 6.07) is 0. The highest BCUT2D eigenvalue weighted by Crippen LogP contribution is 2.36. The number of aliphatic hydroxyl groups is 16. The zero-order valence-electron chi connectivity index (χ0n) is 29.8. The van der Waals surface area contributed by atoms with Gasteiger partial charge in [-0.3, -0.25) is 0 Å². The molecular formula is C31H54O25. The van der Waals surface area contributed by atoms with Crippen molar-refractivity contribution in [3.8, 4) is 0 Å². The van der Waals surface area contributed by atoms with Crippen LogP contribution in [0.4, 0.5) is 0 Å². The Labute approximate surface area is 317 Å². The summed E-state index contributed by atoms with van der Waals surface area (Å²) in [6.07, 6.45) is -43.2. The van der Waals surface area contributed by atoms with Gasteiger partial charge in [-0.05, 0) is 0 Å². The Morgan fingerprint density at radius 1 is 0.357 bits per heavy atom. The molecular weight excluding hydrogens is 772 g/mol. The molecule has 0 bridgehead atoms. The third-order valence-electron chi connectivity index (χ3n) is 10.6. The second-order valence-electron chi connectivity index (χ2n) is 14.4. The molecule has 0 aromatic carbocycles. The monoisotopic (exact) mass is 826 g/mol. The van der Waals surface area contributed by atoms with Gasteiger partial charge in [0.1, 0.15) is 110 Å². The van der Waals surface area contributed by atoms with Crippen LogP contribution >= 0.6 is 0 Å². The van der Waals surface area contributed by atoms with E-state index in [2.05, 4.69) is 0 Å². The molecule has 0 radical (unpaired) electrons. The second-order valence-corrected chi connectivity index (χ2v) is 14.4. The van der Waals surface area contributed by atoms with E-state index in [1.807, 2.05) is 0 Å². The number of aliphatic hydroxyl groups excluding tert-OH is 16. The summed E-state index contributed by atoms with van der Waals surface area (Å²) in [6.45, 7) is -2.83. The van der Waals surface area contributed by atoms with E-state index in [0.29, 0.717) is 0 Å². The normalized spacial score (nSPS) is 53.2. The van der Waals surface area contributed by atoms with Crippen molar-refractivity contribution < 1.29 is 124 Å². The van der Waals surface area contributed by atoms with Gasteiger partial charge in [0.2, 0.25) is 0 Å². The van der Waals surface area contributed by atoms with Crippen molar-refractivity contribution >= 4 is 0 Å². The van der Waals surface area contributed by atoms with Gasteiger partial charge in [0.15, 0.2) is 31.5 Å². The van der Waals surface area contributed by atoms with Gasteiger partial charge in [0.05, 0.1) is 39.1 Å². The molecule has 25 atom stereocenters. The molecule has 0 aromatic rings. The molecule has 0 saturated carbocycles. The summed E-state index contributed by atoms with van der Waals surface area (Å²) in [5, 5.41) is 167. The molecule has 0 aromatic heterocycles. The minimum absolute atomic E-state index is 0.796. The summed E-state index contributed by atoms with van der Waals surface area (Å²) in [5.74, 6) is -1.01. The van der Waals surface area contributed by atoms with Crippen LogP contribution in [0.1, 0.15) is 6.92 Å². The minimum atomic E-state index is -2.12. The quantitative estimate of drug-likeness (QED) is 0.0819. The van der Waals surface area contributed by atoms with Crippen LogP contribution in [0.15, 0.2) is 0 Å². The van der Waals surface area contributed by atoms with E-state index in [4.69, 9.17) is 42.6 Å². The van der Waals surface area contributed by atoms with E-state index in [1.165, 1.54) is 6.92 Å². The Morgan fingerprint density at radius 3 is 1.34 bits per heavy atom. The first-order valence-corrected chi connectivity index (χ1v) is 17.9. The fraction of sp³-hybridized carbons (Fsp3) is 1.00. The van der Waals surface area contributed by atoms with E-state index in [0.717, 1.165) is 0 Å². The third-order valence-corrected chi connectivity index (χ3v) is 10.6. The molecule has 10 unspecified atom stereocenters. The first-order chi connectivity index (χ1) is 26.5. The SMILES string of the molecule is CC1[C@H](O)OC(CO)[C@@H](O[C@@H]2OC(CO[C@H]3OC(CO)[C@@H](O)[C@H](O)C3O)[C@@H](O)[C@H](O[C@H]3O[C@@H](CO)[C@@H](O)C(O)C3O[C@H]3O[C@@H](CO)[C@@H](O)C(O)C3O)C2O)[C@@H]1O. The number of ether oxygens (including phenoxy) is 9. The highest BCUT2D eigenvalue weighted by molar-refractivity contribution is 4.98. The van der Waals surface area contributed by atoms with Crippen molar-refractivity contribution in [3.05, 3.63) is 0 Å². The average molecular weight is 827 g/mol. The molecule has 5 saturated heterocycles. The molecule has 5 rings (SSSR count). The first-order valence-electron chi connectivity index (χ1n) is 17.9. The molecule has 16 N–H and O–H groups in total. The lowest BCUT2D eigenvalue weighted by molar-refractivity contribution is -0.397. The maximum absolute atomic E-state index is 11.6. The van der Waals surface area contributed by atoms with Crippen LogP contribution in [0, 0.1) is 5.92 Å². The number of hydrogen-bond acceptors (Lipinski definition) is 25. The van der Waals surface area contributed by atoms with Crippen LogP contribution in [0.25, 0.3) is 0 Å². The van der Waals surface area contributed by atoms with Gasteiger partial charge >= 0.3 is 0 Å². The molecule has 0 spiro atoms. The van der Waals surface area contributed by atoms with E-state index < -0.39 is 186 Å². The fourth-order valence-corrected chi connectivity index (χ4v) is 7.05. The zero-order chi connectivity index (χ0) is 41.3. The van der Waals surface area contributed by atoms with Crippen LogP contribution in [0.5, 0.6) is 0 Å². The molecule has 5 fully saturated rings. The second kappa shape index (κ2) is 19.6. The van der Waals surface area contributed by atoms with Crippen molar-refractivity contribution in [2.45, 2.75) is 154 Å². The van der Waals surface area contributed by atoms with E-state index >= 15 is 0 Å². The van der Waals surface area contributed by atoms with Crippen molar-refractivity contribution in [1.29, 1.82) is 0 Å². The largest absolute Gasteiger partial charge is 0.394 e. The molecule has 25 nitrogen and oxygen atoms in total. The summed E-state index contributed by atoms with van der Waals surface area (Å²) in [7, 11) is 0. The topological polar surface area (TPSA) is 407 Å². The highest BCUT2D eigenvalue weighted by atomic mass is 16.8. The van der Waals surface area contributed by atoms with Gasteiger partial charge in [-0.1, -0.05) is 6.92 Å². The van der Waals surface area contributed by atoms with Crippen LogP contribution in [0.2, 0.25) is 0 Å². The standard InChI is InChI=1S/C31H54O25/c1-7-13(36)24(11(5-35)49-27(7)47)54-30-23(46)25(17(40)12(53-30)6-48-28-21(44)18(41)14(37)8(2-32)50-28)55-31-26(20(43)16(39)10(4-34)52-31)56-29-22(45)19(42)15(38)9(3-33)51-29/h7-47H,2-6H2,1H3/t7?,8?,9-,10-,11?,12?,13+,14+,15+,16+,17+,18-,19?,20?,21?,22?,23?,24+,25-,26?,27+,28-,29+,30-,31+/m0/s1. The number of rotatable bonds is 13. The summed E-state index contributed by atoms with van der Waals surface area (Å²) in [5.41, 5.74) is 0. The van der Waals surface area contributed by atoms with E-state index in [1.54, 1.807) is 0 Å². The molecule has 0 amide bonds. The maximum Gasteiger partial charge on any atom is 0.187 e. The zero-order valence-corrected chi connectivity index (χ0v) is 29.8. The van der Waals surface area contributed by atoms with Crippen molar-refractivity contribution in [1.82, 2.24) is 0 Å². The summed E-state index contributed by atoms with van der Waals surface area (Å²) >= 11 is 0. The van der Waals surface area contributed by atoms with Crippen molar-refractivity contribution in [2.24, 2.45) is 5.92 Å².